The van der Waals surface area contributed by atoms with Gasteiger partial charge in [0.05, 0.1) is 17.8 Å². The van der Waals surface area contributed by atoms with Crippen LogP contribution in [0, 0.1) is 0 Å². The number of carbonyl (C=O) groups is 4. The average molecular weight is 394 g/mol. The first-order valence-corrected chi connectivity index (χ1v) is 9.40. The van der Waals surface area contributed by atoms with Crippen LogP contribution in [0.25, 0.3) is 0 Å². The van der Waals surface area contributed by atoms with Crippen LogP contribution in [0.3, 0.4) is 0 Å². The molecule has 1 aliphatic heterocycles. The van der Waals surface area contributed by atoms with Crippen LogP contribution < -0.4 is 10.2 Å². The topological polar surface area (TPSA) is 92.8 Å². The molecule has 0 spiro atoms. The van der Waals surface area contributed by atoms with Crippen LogP contribution >= 0.6 is 0 Å². The summed E-state index contributed by atoms with van der Waals surface area (Å²) in [4.78, 5) is 50.3. The largest absolute Gasteiger partial charge is 0.456 e. The molecule has 7 heteroatoms. The number of nitrogens with one attached hydrogen (secondary N) is 1. The molecule has 29 heavy (non-hydrogen) atoms. The molecule has 0 saturated carbocycles. The Kier molecular flexibility index (Phi) is 6.39. The molecule has 150 valence electrons. The van der Waals surface area contributed by atoms with Gasteiger partial charge in [0, 0.05) is 24.4 Å². The Morgan fingerprint density at radius 2 is 1.72 bits per heavy atom. The molecule has 1 N–H and O–H groups in total. The van der Waals surface area contributed by atoms with Crippen molar-refractivity contribution in [1.29, 1.82) is 0 Å². The van der Waals surface area contributed by atoms with Crippen molar-refractivity contribution in [2.24, 2.45) is 0 Å². The van der Waals surface area contributed by atoms with Gasteiger partial charge in [-0.2, -0.15) is 0 Å². The quantitative estimate of drug-likeness (QED) is 0.601. The number of hydrogen-bond donors (Lipinski definition) is 1. The lowest BCUT2D eigenvalue weighted by Crippen LogP contribution is -2.41. The SMILES string of the molecule is C[C@H]1CC(=O)Nc2ccccc2N1C(=O)COC(=O)CCC(=O)c1ccccc1. The predicted molar refractivity (Wildman–Crippen MR) is 108 cm³/mol. The van der Waals surface area contributed by atoms with E-state index in [9.17, 15) is 19.2 Å². The number of ketones is 1. The van der Waals surface area contributed by atoms with Crippen molar-refractivity contribution in [3.63, 3.8) is 0 Å². The van der Waals surface area contributed by atoms with Crippen molar-refractivity contribution in [1.82, 2.24) is 0 Å². The van der Waals surface area contributed by atoms with Crippen LogP contribution in [0.2, 0.25) is 0 Å². The van der Waals surface area contributed by atoms with E-state index in [2.05, 4.69) is 5.32 Å². The minimum absolute atomic E-state index is 0.0123. The summed E-state index contributed by atoms with van der Waals surface area (Å²) in [5.74, 6) is -1.39. The first-order chi connectivity index (χ1) is 14.0. The van der Waals surface area contributed by atoms with E-state index in [4.69, 9.17) is 4.74 Å². The van der Waals surface area contributed by atoms with Gasteiger partial charge in [-0.15, -0.1) is 0 Å². The summed E-state index contributed by atoms with van der Waals surface area (Å²) in [6.45, 7) is 1.31. The fourth-order valence-electron chi connectivity index (χ4n) is 3.24. The van der Waals surface area contributed by atoms with E-state index in [1.54, 1.807) is 55.5 Å². The van der Waals surface area contributed by atoms with Gasteiger partial charge in [-0.1, -0.05) is 42.5 Å². The molecule has 2 aromatic carbocycles. The highest BCUT2D eigenvalue weighted by Gasteiger charge is 2.30. The standard InChI is InChI=1S/C22H22N2O5/c1-15-13-20(26)23-17-9-5-6-10-18(17)24(15)21(27)14-29-22(28)12-11-19(25)16-7-3-2-4-8-16/h2-10,15H,11-14H2,1H3,(H,23,26)/t15-/m0/s1. The van der Waals surface area contributed by atoms with E-state index in [1.807, 2.05) is 6.07 Å². The zero-order valence-corrected chi connectivity index (χ0v) is 16.1. The first-order valence-electron chi connectivity index (χ1n) is 9.40. The normalized spacial score (nSPS) is 15.7. The van der Waals surface area contributed by atoms with Gasteiger partial charge in [0.15, 0.2) is 12.4 Å². The van der Waals surface area contributed by atoms with Crippen molar-refractivity contribution in [2.45, 2.75) is 32.2 Å². The lowest BCUT2D eigenvalue weighted by molar-refractivity contribution is -0.147. The van der Waals surface area contributed by atoms with Crippen molar-refractivity contribution >= 4 is 34.9 Å². The number of benzene rings is 2. The Labute approximate surface area is 168 Å². The highest BCUT2D eigenvalue weighted by Crippen LogP contribution is 2.31. The second-order valence-corrected chi connectivity index (χ2v) is 6.83. The number of nitrogens with zero attached hydrogens (tertiary/aromatic N) is 1. The molecule has 1 aliphatic rings. The maximum Gasteiger partial charge on any atom is 0.306 e. The second kappa shape index (κ2) is 9.14. The molecule has 1 heterocycles. The third kappa shape index (κ3) is 5.07. The molecule has 0 bridgehead atoms. The molecule has 2 aromatic rings. The highest BCUT2D eigenvalue weighted by atomic mass is 16.5. The highest BCUT2D eigenvalue weighted by molar-refractivity contribution is 6.05. The Hall–Kier alpha value is -3.48. The van der Waals surface area contributed by atoms with Crippen LogP contribution in [-0.4, -0.2) is 36.2 Å². The number of rotatable bonds is 6. The number of amides is 2. The molecule has 0 unspecified atom stereocenters. The number of ether oxygens (including phenoxy) is 1. The van der Waals surface area contributed by atoms with Crippen molar-refractivity contribution < 1.29 is 23.9 Å². The smallest absolute Gasteiger partial charge is 0.306 e. The molecule has 7 nitrogen and oxygen atoms in total. The van der Waals surface area contributed by atoms with Crippen molar-refractivity contribution in [3.8, 4) is 0 Å². The Morgan fingerprint density at radius 1 is 1.03 bits per heavy atom. The van der Waals surface area contributed by atoms with Crippen LogP contribution in [0.1, 0.15) is 36.5 Å². The summed E-state index contributed by atoms with van der Waals surface area (Å²) in [5, 5.41) is 2.77. The summed E-state index contributed by atoms with van der Waals surface area (Å²) >= 11 is 0. The van der Waals surface area contributed by atoms with Crippen LogP contribution in [0.5, 0.6) is 0 Å². The van der Waals surface area contributed by atoms with E-state index in [-0.39, 0.29) is 37.0 Å². The van der Waals surface area contributed by atoms with E-state index >= 15 is 0 Å². The van der Waals surface area contributed by atoms with E-state index < -0.39 is 18.5 Å². The Balaban J connectivity index is 1.58. The molecule has 0 aromatic heterocycles. The lowest BCUT2D eigenvalue weighted by atomic mass is 10.1. The van der Waals surface area contributed by atoms with Crippen LogP contribution in [0.4, 0.5) is 11.4 Å². The number of hydrogen-bond acceptors (Lipinski definition) is 5. The van der Waals surface area contributed by atoms with E-state index in [1.165, 1.54) is 4.90 Å². The molecule has 0 radical (unpaired) electrons. The van der Waals surface area contributed by atoms with Crippen molar-refractivity contribution in [2.75, 3.05) is 16.8 Å². The minimum atomic E-state index is -0.618. The minimum Gasteiger partial charge on any atom is -0.456 e. The zero-order valence-electron chi connectivity index (χ0n) is 16.1. The molecule has 2 amide bonds. The number of esters is 1. The Bertz CT molecular complexity index is 926. The predicted octanol–water partition coefficient (Wildman–Crippen LogP) is 2.96. The molecule has 0 aliphatic carbocycles. The second-order valence-electron chi connectivity index (χ2n) is 6.83. The third-order valence-electron chi connectivity index (χ3n) is 4.64. The maximum atomic E-state index is 12.7. The summed E-state index contributed by atoms with van der Waals surface area (Å²) in [6, 6.07) is 15.3. The molecule has 3 rings (SSSR count). The Morgan fingerprint density at radius 3 is 2.48 bits per heavy atom. The van der Waals surface area contributed by atoms with Crippen molar-refractivity contribution in [3.05, 3.63) is 60.2 Å². The van der Waals surface area contributed by atoms with Gasteiger partial charge >= 0.3 is 5.97 Å². The average Bonchev–Trinajstić information content (AvgIpc) is 2.85. The first kappa shape index (κ1) is 20.3. The van der Waals surface area contributed by atoms with Gasteiger partial charge in [0.2, 0.25) is 5.91 Å². The summed E-state index contributed by atoms with van der Waals surface area (Å²) in [5.41, 5.74) is 1.63. The number of para-hydroxylation sites is 2. The fraction of sp³-hybridized carbons (Fsp3) is 0.273. The monoisotopic (exact) mass is 394 g/mol. The van der Waals surface area contributed by atoms with Gasteiger partial charge in [0.1, 0.15) is 0 Å². The van der Waals surface area contributed by atoms with Gasteiger partial charge in [-0.25, -0.2) is 0 Å². The van der Waals surface area contributed by atoms with Gasteiger partial charge < -0.3 is 15.0 Å². The van der Waals surface area contributed by atoms with Crippen LogP contribution in [0.15, 0.2) is 54.6 Å². The summed E-state index contributed by atoms with van der Waals surface area (Å²) in [7, 11) is 0. The number of carbonyl (C=O) groups excluding carboxylic acids is 4. The van der Waals surface area contributed by atoms with Gasteiger partial charge in [0.25, 0.3) is 5.91 Å². The molecule has 1 atom stereocenters. The van der Waals surface area contributed by atoms with E-state index in [0.29, 0.717) is 16.9 Å². The zero-order chi connectivity index (χ0) is 20.8. The summed E-state index contributed by atoms with van der Waals surface area (Å²) < 4.78 is 5.09. The van der Waals surface area contributed by atoms with Gasteiger partial charge in [-0.05, 0) is 19.1 Å². The summed E-state index contributed by atoms with van der Waals surface area (Å²) in [6.07, 6.45) is 0.0472. The molecular weight excluding hydrogens is 372 g/mol. The number of anilines is 2. The molecular formula is C22H22N2O5. The fourth-order valence-corrected chi connectivity index (χ4v) is 3.24. The third-order valence-corrected chi connectivity index (χ3v) is 4.64. The molecule has 0 saturated heterocycles. The van der Waals surface area contributed by atoms with Crippen LogP contribution in [-0.2, 0) is 19.1 Å². The number of fused-ring (bicyclic) bond motifs is 1. The molecule has 0 fully saturated rings. The maximum absolute atomic E-state index is 12.7. The van der Waals surface area contributed by atoms with E-state index in [0.717, 1.165) is 0 Å². The van der Waals surface area contributed by atoms with Gasteiger partial charge in [-0.3, -0.25) is 19.2 Å². The lowest BCUT2D eigenvalue weighted by Gasteiger charge is -2.27. The number of Topliss-reactive ketones (excluding diaryl/α,β-unsaturated/α-hetero) is 1.